The molecule has 1 atom stereocenters. The first-order chi connectivity index (χ1) is 26.8. The lowest BCUT2D eigenvalue weighted by Crippen LogP contribution is -2.69. The van der Waals surface area contributed by atoms with Crippen molar-refractivity contribution in [2.75, 3.05) is 0 Å². The van der Waals surface area contributed by atoms with Crippen LogP contribution in [0, 0.1) is 39.2 Å². The fourth-order valence-corrected chi connectivity index (χ4v) is 10.2. The van der Waals surface area contributed by atoms with Gasteiger partial charge in [0.1, 0.15) is 11.6 Å². The highest BCUT2D eigenvalue weighted by molar-refractivity contribution is 6.67. The van der Waals surface area contributed by atoms with Gasteiger partial charge in [0.25, 0.3) is 11.1 Å². The zero-order valence-corrected chi connectivity index (χ0v) is 35.5. The van der Waals surface area contributed by atoms with E-state index in [2.05, 4.69) is 19.2 Å². The van der Waals surface area contributed by atoms with Crippen LogP contribution < -0.4 is 5.32 Å². The molecule has 12 heteroatoms. The molecule has 10 rings (SSSR count). The highest BCUT2D eigenvalue weighted by Crippen LogP contribution is 2.78. The topological polar surface area (TPSA) is 80.3 Å². The minimum Gasteiger partial charge on any atom is -0.349 e. The predicted molar refractivity (Wildman–Crippen MR) is 223 cm³/mol. The zero-order chi connectivity index (χ0) is 41.5. The SMILES string of the molecule is CC(C)C12CC(CC(=O)c3ccc(Cl)c(Cl)c3)(C1)C2.CC(NC(=O)c1ccc(F)cc1)C12CC(CC(=O)c3ccc(Cl)c(Cl)c3)(C1)C2.O=C(Cl)c1ccc(F)cc1. The van der Waals surface area contributed by atoms with Gasteiger partial charge in [0.2, 0.25) is 0 Å². The summed E-state index contributed by atoms with van der Waals surface area (Å²) in [4.78, 5) is 47.7. The van der Waals surface area contributed by atoms with Crippen molar-refractivity contribution in [3.8, 4) is 0 Å². The first kappa shape index (κ1) is 43.3. The third kappa shape index (κ3) is 9.29. The molecule has 4 aromatic carbocycles. The number of carbonyl (C=O) groups is 4. The van der Waals surface area contributed by atoms with Gasteiger partial charge in [0, 0.05) is 41.1 Å². The molecule has 4 bridgehead atoms. The lowest BCUT2D eigenvalue weighted by Gasteiger charge is -2.73. The van der Waals surface area contributed by atoms with E-state index in [0.29, 0.717) is 66.0 Å². The van der Waals surface area contributed by atoms with Crippen LogP contribution in [0.4, 0.5) is 8.78 Å². The maximum absolute atomic E-state index is 13.0. The van der Waals surface area contributed by atoms with E-state index in [1.54, 1.807) is 36.4 Å². The number of amides is 1. The Morgan fingerprint density at radius 1 is 0.561 bits per heavy atom. The number of hydrogen-bond acceptors (Lipinski definition) is 4. The molecule has 0 aromatic heterocycles. The second kappa shape index (κ2) is 16.7. The van der Waals surface area contributed by atoms with Crippen LogP contribution in [0.3, 0.4) is 0 Å². The van der Waals surface area contributed by atoms with Crippen molar-refractivity contribution in [1.29, 1.82) is 0 Å². The molecule has 5 nitrogen and oxygen atoms in total. The van der Waals surface area contributed by atoms with E-state index >= 15 is 0 Å². The molecule has 0 spiro atoms. The van der Waals surface area contributed by atoms with E-state index in [-0.39, 0.29) is 46.0 Å². The van der Waals surface area contributed by atoms with Crippen molar-refractivity contribution in [2.45, 2.75) is 78.2 Å². The fraction of sp³-hybridized carbons (Fsp3) is 0.378. The van der Waals surface area contributed by atoms with Crippen molar-refractivity contribution in [3.05, 3.63) is 139 Å². The summed E-state index contributed by atoms with van der Waals surface area (Å²) in [5.74, 6) is 0.0948. The van der Waals surface area contributed by atoms with Crippen LogP contribution in [0.5, 0.6) is 0 Å². The number of halogens is 7. The molecule has 57 heavy (non-hydrogen) atoms. The van der Waals surface area contributed by atoms with Crippen molar-refractivity contribution < 1.29 is 28.0 Å². The van der Waals surface area contributed by atoms with E-state index in [9.17, 15) is 28.0 Å². The summed E-state index contributed by atoms with van der Waals surface area (Å²) in [6.45, 7) is 6.60. The summed E-state index contributed by atoms with van der Waals surface area (Å²) in [5.41, 5.74) is 2.99. The van der Waals surface area contributed by atoms with Gasteiger partial charge >= 0.3 is 0 Å². The molecule has 1 unspecified atom stereocenters. The largest absolute Gasteiger partial charge is 0.349 e. The zero-order valence-electron chi connectivity index (χ0n) is 31.7. The summed E-state index contributed by atoms with van der Waals surface area (Å²) >= 11 is 28.9. The Labute approximate surface area is 356 Å². The maximum Gasteiger partial charge on any atom is 0.252 e. The van der Waals surface area contributed by atoms with E-state index in [1.807, 2.05) is 6.92 Å². The normalized spacial score (nSPS) is 25.0. The molecule has 1 amide bonds. The summed E-state index contributed by atoms with van der Waals surface area (Å²) in [6.07, 6.45) is 7.62. The van der Waals surface area contributed by atoms with Crippen LogP contribution in [-0.4, -0.2) is 28.8 Å². The van der Waals surface area contributed by atoms with Gasteiger partial charge in [-0.15, -0.1) is 0 Å². The van der Waals surface area contributed by atoms with E-state index < -0.39 is 5.24 Å². The predicted octanol–water partition coefficient (Wildman–Crippen LogP) is 13.3. The standard InChI is InChI=1S/C22H20Cl2FNO2.C16H18Cl2O.C7H4ClFO/c1-13(26-20(28)14-2-5-16(25)6-3-14)22-10-21(11-22,12-22)9-19(27)15-4-7-17(23)18(24)8-15;1-10(2)16-7-15(8-16,9-16)6-14(19)11-3-4-12(17)13(18)5-11;8-7(10)5-1-3-6(9)4-2-5/h2-8,13H,9-12H2,1H3,(H,26,28);3-5,10H,6-9H2,1-2H3;1-4H. The Morgan fingerprint density at radius 2 is 0.930 bits per heavy atom. The quantitative estimate of drug-likeness (QED) is 0.120. The number of rotatable bonds is 11. The lowest BCUT2D eigenvalue weighted by molar-refractivity contribution is -0.226. The number of nitrogens with one attached hydrogen (secondary N) is 1. The van der Waals surface area contributed by atoms with Crippen molar-refractivity contribution >= 4 is 80.7 Å². The number of benzene rings is 4. The van der Waals surface area contributed by atoms with Crippen molar-refractivity contribution in [2.24, 2.45) is 27.6 Å². The molecule has 0 aliphatic heterocycles. The first-order valence-electron chi connectivity index (χ1n) is 18.8. The van der Waals surface area contributed by atoms with E-state index in [4.69, 9.17) is 58.0 Å². The highest BCUT2D eigenvalue weighted by Gasteiger charge is 2.70. The second-order valence-electron chi connectivity index (χ2n) is 16.9. The van der Waals surface area contributed by atoms with Crippen molar-refractivity contribution in [3.63, 3.8) is 0 Å². The number of hydrogen-bond donors (Lipinski definition) is 1. The molecule has 6 aliphatic carbocycles. The molecule has 300 valence electrons. The second-order valence-corrected chi connectivity index (χ2v) is 18.9. The Morgan fingerprint density at radius 3 is 1.30 bits per heavy atom. The molecule has 1 N–H and O–H groups in total. The number of ketones is 2. The Bertz CT molecular complexity index is 2170. The van der Waals surface area contributed by atoms with E-state index in [1.165, 1.54) is 67.8 Å². The third-order valence-electron chi connectivity index (χ3n) is 12.6. The van der Waals surface area contributed by atoms with Crippen LogP contribution in [0.15, 0.2) is 84.9 Å². The molecule has 0 saturated heterocycles. The van der Waals surface area contributed by atoms with Gasteiger partial charge in [-0.05, 0) is 170 Å². The summed E-state index contributed by atoms with van der Waals surface area (Å²) in [6, 6.07) is 20.7. The average molecular weight is 876 g/mol. The minimum absolute atomic E-state index is 0.00649. The van der Waals surface area contributed by atoms with Crippen LogP contribution in [0.25, 0.3) is 0 Å². The molecule has 0 heterocycles. The van der Waals surface area contributed by atoms with Gasteiger partial charge in [-0.25, -0.2) is 8.78 Å². The summed E-state index contributed by atoms with van der Waals surface area (Å²) in [5, 5.41) is 4.25. The Hall–Kier alpha value is -3.33. The van der Waals surface area contributed by atoms with Crippen molar-refractivity contribution in [1.82, 2.24) is 5.32 Å². The first-order valence-corrected chi connectivity index (χ1v) is 20.7. The lowest BCUT2D eigenvalue weighted by atomic mass is 9.31. The van der Waals surface area contributed by atoms with Crippen LogP contribution >= 0.6 is 58.0 Å². The van der Waals surface area contributed by atoms with Crippen LogP contribution in [0.2, 0.25) is 20.1 Å². The third-order valence-corrected chi connectivity index (χ3v) is 14.3. The smallest absolute Gasteiger partial charge is 0.252 e. The monoisotopic (exact) mass is 873 g/mol. The minimum atomic E-state index is -0.569. The molecular formula is C45H42Cl5F2NO4. The summed E-state index contributed by atoms with van der Waals surface area (Å²) in [7, 11) is 0. The van der Waals surface area contributed by atoms with Crippen LogP contribution in [-0.2, 0) is 0 Å². The average Bonchev–Trinajstić information content (AvgIpc) is 3.09. The van der Waals surface area contributed by atoms with Gasteiger partial charge in [-0.1, -0.05) is 60.3 Å². The molecule has 6 aliphatic rings. The van der Waals surface area contributed by atoms with E-state index in [0.717, 1.165) is 25.2 Å². The van der Waals surface area contributed by atoms with Crippen LogP contribution in [0.1, 0.15) is 114 Å². The van der Waals surface area contributed by atoms with Gasteiger partial charge < -0.3 is 5.32 Å². The molecular weight excluding hydrogens is 834 g/mol. The Kier molecular flexibility index (Phi) is 12.7. The summed E-state index contributed by atoms with van der Waals surface area (Å²) < 4.78 is 25.2. The molecule has 6 fully saturated rings. The molecule has 0 radical (unpaired) electrons. The maximum atomic E-state index is 13.0. The number of carbonyl (C=O) groups excluding carboxylic acids is 4. The Balaban J connectivity index is 0.000000162. The molecule has 6 saturated carbocycles. The van der Waals surface area contributed by atoms with Gasteiger partial charge in [-0.3, -0.25) is 19.2 Å². The fourth-order valence-electron chi connectivity index (χ4n) is 9.46. The van der Waals surface area contributed by atoms with Gasteiger partial charge in [-0.2, -0.15) is 0 Å². The molecule has 4 aromatic rings. The van der Waals surface area contributed by atoms with Gasteiger partial charge in [0.15, 0.2) is 11.6 Å². The van der Waals surface area contributed by atoms with Gasteiger partial charge in [0.05, 0.1) is 20.1 Å². The highest BCUT2D eigenvalue weighted by atomic mass is 35.5. The number of Topliss-reactive ketones (excluding diaryl/α,β-unsaturated/α-hetero) is 2.